The predicted molar refractivity (Wildman–Crippen MR) is 122 cm³/mol. The van der Waals surface area contributed by atoms with Crippen LogP contribution in [0.15, 0.2) is 64.4 Å². The van der Waals surface area contributed by atoms with Gasteiger partial charge in [-0.3, -0.25) is 9.48 Å². The highest BCUT2D eigenvalue weighted by Gasteiger charge is 2.14. The molecule has 0 fully saturated rings. The van der Waals surface area contributed by atoms with Crippen LogP contribution in [0.25, 0.3) is 5.69 Å². The van der Waals surface area contributed by atoms with Gasteiger partial charge in [0.15, 0.2) is 5.69 Å². The van der Waals surface area contributed by atoms with E-state index in [1.807, 2.05) is 61.1 Å². The number of rotatable bonds is 7. The van der Waals surface area contributed by atoms with Crippen LogP contribution in [0.2, 0.25) is 0 Å². The zero-order valence-electron chi connectivity index (χ0n) is 18.0. The van der Waals surface area contributed by atoms with Crippen molar-refractivity contribution < 1.29 is 0 Å². The van der Waals surface area contributed by atoms with Crippen molar-refractivity contribution in [1.29, 1.82) is 0 Å². The first-order valence-corrected chi connectivity index (χ1v) is 10.1. The third-order valence-electron chi connectivity index (χ3n) is 5.24. The highest BCUT2D eigenvalue weighted by atomic mass is 16.1. The van der Waals surface area contributed by atoms with Crippen LogP contribution in [0, 0.1) is 12.8 Å². The molecule has 0 N–H and O–H groups in total. The second-order valence-corrected chi connectivity index (χ2v) is 7.86. The fraction of sp³-hybridized carbons (Fsp3) is 0.333. The Labute approximate surface area is 172 Å². The van der Waals surface area contributed by atoms with Gasteiger partial charge in [0.25, 0.3) is 5.56 Å². The number of hydrogen-bond donors (Lipinski definition) is 0. The minimum absolute atomic E-state index is 0.113. The Balaban J connectivity index is 1.81. The van der Waals surface area contributed by atoms with Crippen LogP contribution in [-0.2, 0) is 7.05 Å². The molecule has 1 heterocycles. The van der Waals surface area contributed by atoms with Gasteiger partial charge in [-0.2, -0.15) is 0 Å². The summed E-state index contributed by atoms with van der Waals surface area (Å²) in [4.78, 5) is 19.7. The van der Waals surface area contributed by atoms with Gasteiger partial charge in [0, 0.05) is 32.5 Å². The molecule has 0 bridgehead atoms. The van der Waals surface area contributed by atoms with Crippen LogP contribution in [0.1, 0.15) is 31.5 Å². The van der Waals surface area contributed by atoms with Gasteiger partial charge >= 0.3 is 0 Å². The first-order valence-electron chi connectivity index (χ1n) is 10.1. The number of aliphatic imine (C=N–C) groups is 1. The maximum Gasteiger partial charge on any atom is 0.297 e. The minimum atomic E-state index is -0.113. The van der Waals surface area contributed by atoms with E-state index in [0.717, 1.165) is 23.5 Å². The lowest BCUT2D eigenvalue weighted by Gasteiger charge is -2.20. The minimum Gasteiger partial charge on any atom is -0.375 e. The summed E-state index contributed by atoms with van der Waals surface area (Å²) in [6.45, 7) is 7.43. The molecule has 0 atom stereocenters. The van der Waals surface area contributed by atoms with Crippen molar-refractivity contribution in [2.75, 3.05) is 18.5 Å². The number of aromatic nitrogens is 2. The van der Waals surface area contributed by atoms with Crippen LogP contribution in [-0.4, -0.2) is 29.2 Å². The molecule has 3 rings (SSSR count). The maximum absolute atomic E-state index is 12.9. The molecule has 0 aliphatic carbocycles. The van der Waals surface area contributed by atoms with E-state index in [2.05, 4.69) is 42.9 Å². The number of nitrogens with zero attached hydrogens (tertiary/aromatic N) is 4. The molecule has 1 aromatic heterocycles. The van der Waals surface area contributed by atoms with E-state index < -0.39 is 0 Å². The highest BCUT2D eigenvalue weighted by molar-refractivity contribution is 5.82. The van der Waals surface area contributed by atoms with Gasteiger partial charge in [0.2, 0.25) is 0 Å². The summed E-state index contributed by atoms with van der Waals surface area (Å²) in [6, 6.07) is 17.9. The number of anilines is 1. The van der Waals surface area contributed by atoms with Crippen LogP contribution < -0.4 is 10.5 Å². The zero-order valence-corrected chi connectivity index (χ0v) is 18.0. The fourth-order valence-electron chi connectivity index (χ4n) is 3.24. The SMILES string of the molecule is Cc1c(N=Cc2ccc(N(C)CCC(C)C)cc2)c(=O)n(-c2ccccc2)n1C. The molecule has 0 unspecified atom stereocenters. The largest absolute Gasteiger partial charge is 0.375 e. The topological polar surface area (TPSA) is 42.5 Å². The molecule has 152 valence electrons. The van der Waals surface area contributed by atoms with E-state index in [4.69, 9.17) is 0 Å². The molecule has 2 aromatic carbocycles. The Morgan fingerprint density at radius 3 is 2.34 bits per heavy atom. The van der Waals surface area contributed by atoms with E-state index in [-0.39, 0.29) is 5.56 Å². The summed E-state index contributed by atoms with van der Waals surface area (Å²) in [5.41, 5.74) is 4.18. The van der Waals surface area contributed by atoms with E-state index in [9.17, 15) is 4.79 Å². The number of hydrogen-bond acceptors (Lipinski definition) is 3. The molecule has 29 heavy (non-hydrogen) atoms. The molecular weight excluding hydrogens is 360 g/mol. The summed E-state index contributed by atoms with van der Waals surface area (Å²) in [5, 5.41) is 0. The second kappa shape index (κ2) is 8.95. The molecule has 0 aliphatic heterocycles. The predicted octanol–water partition coefficient (Wildman–Crippen LogP) is 4.72. The Morgan fingerprint density at radius 2 is 1.72 bits per heavy atom. The van der Waals surface area contributed by atoms with Crippen LogP contribution >= 0.6 is 0 Å². The summed E-state index contributed by atoms with van der Waals surface area (Å²) < 4.78 is 3.49. The quantitative estimate of drug-likeness (QED) is 0.548. The Hall–Kier alpha value is -3.08. The van der Waals surface area contributed by atoms with E-state index in [1.54, 1.807) is 10.9 Å². The normalized spacial score (nSPS) is 11.5. The molecule has 0 saturated heterocycles. The molecule has 0 radical (unpaired) electrons. The van der Waals surface area contributed by atoms with Crippen LogP contribution in [0.5, 0.6) is 0 Å². The lowest BCUT2D eigenvalue weighted by Crippen LogP contribution is -2.19. The molecule has 0 saturated carbocycles. The van der Waals surface area contributed by atoms with Crippen molar-refractivity contribution in [2.24, 2.45) is 18.0 Å². The molecule has 5 nitrogen and oxygen atoms in total. The van der Waals surface area contributed by atoms with Gasteiger partial charge < -0.3 is 4.90 Å². The number of para-hydroxylation sites is 1. The third-order valence-corrected chi connectivity index (χ3v) is 5.24. The van der Waals surface area contributed by atoms with E-state index in [0.29, 0.717) is 11.6 Å². The first-order chi connectivity index (χ1) is 13.9. The Morgan fingerprint density at radius 1 is 1.07 bits per heavy atom. The average Bonchev–Trinajstić information content (AvgIpc) is 2.94. The molecule has 0 spiro atoms. The Bertz CT molecular complexity index is 1030. The third kappa shape index (κ3) is 4.67. The van der Waals surface area contributed by atoms with Gasteiger partial charge in [-0.1, -0.05) is 44.2 Å². The van der Waals surface area contributed by atoms with E-state index in [1.165, 1.54) is 12.1 Å². The molecule has 0 amide bonds. The van der Waals surface area contributed by atoms with Crippen LogP contribution in [0.3, 0.4) is 0 Å². The van der Waals surface area contributed by atoms with Crippen molar-refractivity contribution in [2.45, 2.75) is 27.2 Å². The molecular formula is C24H30N4O. The lowest BCUT2D eigenvalue weighted by atomic mass is 10.1. The van der Waals surface area contributed by atoms with Crippen molar-refractivity contribution in [3.8, 4) is 5.69 Å². The van der Waals surface area contributed by atoms with Crippen molar-refractivity contribution in [3.63, 3.8) is 0 Å². The monoisotopic (exact) mass is 390 g/mol. The zero-order chi connectivity index (χ0) is 21.0. The smallest absolute Gasteiger partial charge is 0.297 e. The van der Waals surface area contributed by atoms with Gasteiger partial charge in [-0.05, 0) is 49.1 Å². The Kier molecular flexibility index (Phi) is 6.37. The number of benzene rings is 2. The summed E-state index contributed by atoms with van der Waals surface area (Å²) >= 11 is 0. The van der Waals surface area contributed by atoms with Crippen molar-refractivity contribution in [1.82, 2.24) is 9.36 Å². The second-order valence-electron chi connectivity index (χ2n) is 7.86. The lowest BCUT2D eigenvalue weighted by molar-refractivity contribution is 0.585. The van der Waals surface area contributed by atoms with Crippen molar-refractivity contribution >= 4 is 17.6 Å². The van der Waals surface area contributed by atoms with Gasteiger partial charge in [-0.25, -0.2) is 9.67 Å². The van der Waals surface area contributed by atoms with Crippen LogP contribution in [0.4, 0.5) is 11.4 Å². The fourth-order valence-corrected chi connectivity index (χ4v) is 3.24. The molecule has 0 aliphatic rings. The summed E-state index contributed by atoms with van der Waals surface area (Å²) in [6.07, 6.45) is 2.93. The van der Waals surface area contributed by atoms with Crippen molar-refractivity contribution in [3.05, 3.63) is 76.2 Å². The standard InChI is InChI=1S/C24H30N4O/c1-18(2)15-16-26(4)21-13-11-20(12-14-21)17-25-23-19(3)27(5)28(24(23)29)22-9-7-6-8-10-22/h6-14,17-18H,15-16H2,1-5H3. The maximum atomic E-state index is 12.9. The van der Waals surface area contributed by atoms with Gasteiger partial charge in [0.05, 0.1) is 11.4 Å². The average molecular weight is 391 g/mol. The highest BCUT2D eigenvalue weighted by Crippen LogP contribution is 2.18. The van der Waals surface area contributed by atoms with E-state index >= 15 is 0 Å². The van der Waals surface area contributed by atoms with Gasteiger partial charge in [0.1, 0.15) is 0 Å². The molecule has 5 heteroatoms. The van der Waals surface area contributed by atoms with Gasteiger partial charge in [-0.15, -0.1) is 0 Å². The first kappa shape index (κ1) is 20.6. The summed E-state index contributed by atoms with van der Waals surface area (Å²) in [7, 11) is 4.00. The summed E-state index contributed by atoms with van der Waals surface area (Å²) in [5.74, 6) is 0.693. The molecule has 3 aromatic rings.